The maximum absolute atomic E-state index is 5.07. The third kappa shape index (κ3) is 3.25. The topological polar surface area (TPSA) is 32.3 Å². The molecule has 0 N–H and O–H groups in total. The van der Waals surface area contributed by atoms with Gasteiger partial charge in [0.1, 0.15) is 16.5 Å². The van der Waals surface area contributed by atoms with Gasteiger partial charge >= 0.3 is 0 Å². The number of likely N-dealkylation sites (N-methyl/N-ethyl adjacent to an activating group) is 1. The van der Waals surface area contributed by atoms with Crippen molar-refractivity contribution in [3.05, 3.63) is 53.2 Å². The second kappa shape index (κ2) is 7.03. The lowest BCUT2D eigenvalue weighted by Gasteiger charge is -2.34. The molecular weight excluding hydrogens is 372 g/mol. The summed E-state index contributed by atoms with van der Waals surface area (Å²) in [5, 5.41) is 7.73. The molecule has 0 aliphatic carbocycles. The van der Waals surface area contributed by atoms with Gasteiger partial charge in [-0.05, 0) is 29.9 Å². The van der Waals surface area contributed by atoms with Crippen molar-refractivity contribution < 1.29 is 0 Å². The molecule has 0 amide bonds. The highest BCUT2D eigenvalue weighted by molar-refractivity contribution is 7.20. The number of anilines is 1. The Morgan fingerprint density at radius 1 is 0.889 bits per heavy atom. The van der Waals surface area contributed by atoms with Crippen LogP contribution in [0.2, 0.25) is 0 Å². The number of nitrogens with zero attached hydrogens (tertiary/aromatic N) is 4. The molecule has 0 atom stereocenters. The van der Waals surface area contributed by atoms with E-state index < -0.39 is 0 Å². The molecule has 0 saturated carbocycles. The van der Waals surface area contributed by atoms with E-state index in [0.29, 0.717) is 0 Å². The zero-order chi connectivity index (χ0) is 18.2. The van der Waals surface area contributed by atoms with Gasteiger partial charge in [-0.3, -0.25) is 0 Å². The molecule has 5 rings (SSSR count). The summed E-state index contributed by atoms with van der Waals surface area (Å²) >= 11 is 3.42. The molecule has 136 valence electrons. The molecule has 6 heteroatoms. The summed E-state index contributed by atoms with van der Waals surface area (Å²) in [7, 11) is 2.18. The lowest BCUT2D eigenvalue weighted by molar-refractivity contribution is 0.312. The summed E-state index contributed by atoms with van der Waals surface area (Å²) in [6, 6.07) is 14.9. The van der Waals surface area contributed by atoms with Crippen LogP contribution < -0.4 is 4.90 Å². The SMILES string of the molecule is CN1CCN(c2nc(-c3csc(-c4cccs4)n3)cc3ccccc23)CC1. The Morgan fingerprint density at radius 2 is 1.74 bits per heavy atom. The summed E-state index contributed by atoms with van der Waals surface area (Å²) in [5.41, 5.74) is 1.92. The molecule has 27 heavy (non-hydrogen) atoms. The predicted molar refractivity (Wildman–Crippen MR) is 116 cm³/mol. The second-order valence-electron chi connectivity index (χ2n) is 6.86. The molecule has 1 fully saturated rings. The van der Waals surface area contributed by atoms with Gasteiger partial charge in [0.05, 0.1) is 10.6 Å². The van der Waals surface area contributed by atoms with Crippen LogP contribution in [0.4, 0.5) is 5.82 Å². The van der Waals surface area contributed by atoms with Crippen LogP contribution >= 0.6 is 22.7 Å². The second-order valence-corrected chi connectivity index (χ2v) is 8.66. The Bertz CT molecular complexity index is 1060. The maximum Gasteiger partial charge on any atom is 0.137 e. The zero-order valence-corrected chi connectivity index (χ0v) is 16.8. The van der Waals surface area contributed by atoms with Crippen LogP contribution in [0.1, 0.15) is 0 Å². The van der Waals surface area contributed by atoms with E-state index in [0.717, 1.165) is 48.4 Å². The van der Waals surface area contributed by atoms with Gasteiger partial charge in [0.2, 0.25) is 0 Å². The average Bonchev–Trinajstić information content (AvgIpc) is 3.39. The van der Waals surface area contributed by atoms with Crippen molar-refractivity contribution in [1.82, 2.24) is 14.9 Å². The lowest BCUT2D eigenvalue weighted by atomic mass is 10.1. The first-order chi connectivity index (χ1) is 13.3. The average molecular weight is 393 g/mol. The smallest absolute Gasteiger partial charge is 0.137 e. The van der Waals surface area contributed by atoms with Crippen LogP contribution in [0.3, 0.4) is 0 Å². The van der Waals surface area contributed by atoms with E-state index >= 15 is 0 Å². The van der Waals surface area contributed by atoms with Gasteiger partial charge in [0.15, 0.2) is 0 Å². The van der Waals surface area contributed by atoms with Crippen LogP contribution in [-0.2, 0) is 0 Å². The first kappa shape index (κ1) is 16.9. The predicted octanol–water partition coefficient (Wildman–Crippen LogP) is 4.84. The van der Waals surface area contributed by atoms with Gasteiger partial charge < -0.3 is 9.80 Å². The van der Waals surface area contributed by atoms with E-state index in [2.05, 4.69) is 70.1 Å². The molecule has 4 aromatic rings. The minimum Gasteiger partial charge on any atom is -0.354 e. The molecule has 4 nitrogen and oxygen atoms in total. The Morgan fingerprint density at radius 3 is 2.56 bits per heavy atom. The highest BCUT2D eigenvalue weighted by atomic mass is 32.1. The standard InChI is InChI=1S/C21H20N4S2/c1-24-8-10-25(11-9-24)20-16-6-3-2-5-15(16)13-17(22-20)18-14-27-21(23-18)19-7-4-12-26-19/h2-7,12-14H,8-11H2,1H3. The summed E-state index contributed by atoms with van der Waals surface area (Å²) in [4.78, 5) is 15.9. The van der Waals surface area contributed by atoms with Crippen molar-refractivity contribution in [1.29, 1.82) is 0 Å². The lowest BCUT2D eigenvalue weighted by Crippen LogP contribution is -2.44. The number of fused-ring (bicyclic) bond motifs is 1. The highest BCUT2D eigenvalue weighted by Crippen LogP contribution is 2.34. The molecule has 0 spiro atoms. The molecule has 1 saturated heterocycles. The van der Waals surface area contributed by atoms with Crippen molar-refractivity contribution in [2.45, 2.75) is 0 Å². The van der Waals surface area contributed by atoms with Gasteiger partial charge in [-0.15, -0.1) is 22.7 Å². The molecule has 1 aromatic carbocycles. The van der Waals surface area contributed by atoms with E-state index in [9.17, 15) is 0 Å². The zero-order valence-electron chi connectivity index (χ0n) is 15.1. The van der Waals surface area contributed by atoms with Crippen LogP contribution in [-0.4, -0.2) is 48.1 Å². The van der Waals surface area contributed by atoms with Gasteiger partial charge in [-0.2, -0.15) is 0 Å². The van der Waals surface area contributed by atoms with Crippen molar-refractivity contribution in [3.8, 4) is 21.3 Å². The fourth-order valence-electron chi connectivity index (χ4n) is 3.48. The van der Waals surface area contributed by atoms with Crippen LogP contribution in [0.5, 0.6) is 0 Å². The Balaban J connectivity index is 1.59. The van der Waals surface area contributed by atoms with Gasteiger partial charge in [-0.1, -0.05) is 30.3 Å². The van der Waals surface area contributed by atoms with Crippen molar-refractivity contribution in [3.63, 3.8) is 0 Å². The summed E-state index contributed by atoms with van der Waals surface area (Å²) in [6.07, 6.45) is 0. The first-order valence-corrected chi connectivity index (χ1v) is 10.9. The third-order valence-corrected chi connectivity index (χ3v) is 6.90. The fourth-order valence-corrected chi connectivity index (χ4v) is 5.10. The van der Waals surface area contributed by atoms with E-state index in [1.165, 1.54) is 15.6 Å². The molecular formula is C21H20N4S2. The molecule has 0 bridgehead atoms. The normalized spacial score (nSPS) is 15.5. The number of thiophene rings is 1. The van der Waals surface area contributed by atoms with Crippen molar-refractivity contribution >= 4 is 39.3 Å². The maximum atomic E-state index is 5.07. The van der Waals surface area contributed by atoms with E-state index in [4.69, 9.17) is 9.97 Å². The largest absolute Gasteiger partial charge is 0.354 e. The van der Waals surface area contributed by atoms with E-state index in [-0.39, 0.29) is 0 Å². The number of aromatic nitrogens is 2. The minimum atomic E-state index is 0.960. The molecule has 4 heterocycles. The first-order valence-electron chi connectivity index (χ1n) is 9.11. The minimum absolute atomic E-state index is 0.960. The van der Waals surface area contributed by atoms with Crippen LogP contribution in [0.25, 0.3) is 32.0 Å². The Kier molecular flexibility index (Phi) is 4.39. The number of piperazine rings is 1. The number of thiazole rings is 1. The molecule has 0 radical (unpaired) electrons. The van der Waals surface area contributed by atoms with Gasteiger partial charge in [0, 0.05) is 36.9 Å². The van der Waals surface area contributed by atoms with Crippen LogP contribution in [0, 0.1) is 0 Å². The van der Waals surface area contributed by atoms with Gasteiger partial charge in [-0.25, -0.2) is 9.97 Å². The molecule has 3 aromatic heterocycles. The number of rotatable bonds is 3. The van der Waals surface area contributed by atoms with E-state index in [1.807, 2.05) is 0 Å². The molecule has 1 aliphatic heterocycles. The Hall–Kier alpha value is -2.28. The number of benzene rings is 1. The number of hydrogen-bond acceptors (Lipinski definition) is 6. The van der Waals surface area contributed by atoms with Crippen molar-refractivity contribution in [2.24, 2.45) is 0 Å². The van der Waals surface area contributed by atoms with Crippen LogP contribution in [0.15, 0.2) is 53.2 Å². The summed E-state index contributed by atoms with van der Waals surface area (Å²) < 4.78 is 0. The monoisotopic (exact) mass is 392 g/mol. The van der Waals surface area contributed by atoms with Gasteiger partial charge in [0.25, 0.3) is 0 Å². The van der Waals surface area contributed by atoms with E-state index in [1.54, 1.807) is 22.7 Å². The number of hydrogen-bond donors (Lipinski definition) is 0. The highest BCUT2D eigenvalue weighted by Gasteiger charge is 2.19. The molecule has 1 aliphatic rings. The fraction of sp³-hybridized carbons (Fsp3) is 0.238. The summed E-state index contributed by atoms with van der Waals surface area (Å²) in [6.45, 7) is 4.15. The van der Waals surface area contributed by atoms with Crippen molar-refractivity contribution in [2.75, 3.05) is 38.1 Å². The third-order valence-electron chi connectivity index (χ3n) is 5.02. The summed E-state index contributed by atoms with van der Waals surface area (Å²) in [5.74, 6) is 1.09. The number of pyridine rings is 1. The quantitative estimate of drug-likeness (QED) is 0.499. The molecule has 0 unspecified atom stereocenters. The Labute approximate surface area is 166 Å².